The molecule has 0 unspecified atom stereocenters. The molecule has 9 heteroatoms. The van der Waals surface area contributed by atoms with E-state index in [2.05, 4.69) is 11.7 Å². The molecule has 0 atom stereocenters. The Labute approximate surface area is 112 Å². The molecule has 0 radical (unpaired) electrons. The largest absolute Gasteiger partial charge is 2.00 e. The van der Waals surface area contributed by atoms with E-state index in [-0.39, 0.29) is 56.9 Å². The van der Waals surface area contributed by atoms with Gasteiger partial charge in [0.1, 0.15) is 0 Å². The second-order valence-electron chi connectivity index (χ2n) is 0.900. The third-order valence-electron chi connectivity index (χ3n) is 0. The molecule has 0 saturated carbocycles. The summed E-state index contributed by atoms with van der Waals surface area (Å²) in [5.41, 5.74) is 0. The Hall–Kier alpha value is 1.65. The number of carboxylic acids is 1. The molecule has 0 aromatic carbocycles. The van der Waals surface area contributed by atoms with Gasteiger partial charge < -0.3 is 26.1 Å². The van der Waals surface area contributed by atoms with Crippen molar-refractivity contribution in [1.82, 2.24) is 0 Å². The van der Waals surface area contributed by atoms with Crippen LogP contribution in [0.2, 0.25) is 0 Å². The fourth-order valence-corrected chi connectivity index (χ4v) is 0. The summed E-state index contributed by atoms with van der Waals surface area (Å²) in [5, 5.41) is 8.89. The van der Waals surface area contributed by atoms with Crippen LogP contribution in [0.4, 0.5) is 0 Å². The van der Waals surface area contributed by atoms with E-state index in [1.165, 1.54) is 0 Å². The van der Waals surface area contributed by atoms with Crippen LogP contribution in [0.5, 0.6) is 0 Å². The van der Waals surface area contributed by atoms with Crippen LogP contribution in [0.25, 0.3) is 0 Å². The predicted molar refractivity (Wildman–Crippen MR) is 27.7 cm³/mol. The first-order valence-electron chi connectivity index (χ1n) is 1.57. The Morgan fingerprint density at radius 1 is 1.45 bits per heavy atom. The number of carbonyl (C=O) groups is 1. The van der Waals surface area contributed by atoms with Crippen molar-refractivity contribution < 1.29 is 79.7 Å². The van der Waals surface area contributed by atoms with E-state index >= 15 is 0 Å². The van der Waals surface area contributed by atoms with Crippen molar-refractivity contribution in [1.29, 1.82) is 0 Å². The molecule has 0 aliphatic heterocycles. The third kappa shape index (κ3) is 398. The van der Waals surface area contributed by atoms with Crippen LogP contribution < -0.4 is 34.7 Å². The number of hydrogen-bond acceptors (Lipinski definition) is 6. The van der Waals surface area contributed by atoms with Crippen molar-refractivity contribution in [3.8, 4) is 0 Å². The molecule has 5 nitrogen and oxygen atoms in total. The van der Waals surface area contributed by atoms with Gasteiger partial charge in [0.15, 0.2) is 0 Å². The number of carboxylic acid groups (broad SMARTS) is 1. The summed E-state index contributed by atoms with van der Waals surface area (Å²) in [5.74, 6) is -1.08. The molecule has 0 spiro atoms. The molecule has 0 heterocycles. The molecular weight excluding hydrogens is 304 g/mol. The third-order valence-corrected chi connectivity index (χ3v) is 0. The minimum Gasteiger partial charge on any atom is -0.768 e. The summed E-state index contributed by atoms with van der Waals surface area (Å²) in [6, 6.07) is 0. The van der Waals surface area contributed by atoms with Gasteiger partial charge in [-0.15, -0.1) is 0 Å². The van der Waals surface area contributed by atoms with Gasteiger partial charge in [-0.2, -0.15) is 0 Å². The van der Waals surface area contributed by atoms with E-state index < -0.39 is 15.1 Å². The van der Waals surface area contributed by atoms with Gasteiger partial charge in [-0.05, 0) is 16.1 Å². The first-order chi connectivity index (χ1) is 3.73. The molecule has 0 fully saturated rings. The maximum absolute atomic E-state index is 8.89. The molecule has 0 N–H and O–H groups in total. The first-order valence-corrected chi connectivity index (χ1v) is 3.91. The van der Waals surface area contributed by atoms with E-state index in [0.29, 0.717) is 0 Å². The Balaban J connectivity index is -0.0000000383. The smallest absolute Gasteiger partial charge is 0.768 e. The maximum atomic E-state index is 8.89. The molecule has 0 saturated heterocycles. The van der Waals surface area contributed by atoms with Crippen molar-refractivity contribution in [3.63, 3.8) is 0 Å². The van der Waals surface area contributed by atoms with E-state index in [1.807, 2.05) is 0 Å². The summed E-state index contributed by atoms with van der Waals surface area (Å²) in [6.07, 6.45) is 0. The molecule has 0 aliphatic carbocycles. The molecule has 0 aromatic heterocycles. The number of rotatable bonds is 0. The average molecular weight is 307 g/mol. The number of carbonyl (C=O) groups excluding carboxylic acids is 1. The van der Waals surface area contributed by atoms with Crippen molar-refractivity contribution in [2.24, 2.45) is 0 Å². The van der Waals surface area contributed by atoms with Crippen molar-refractivity contribution in [3.05, 3.63) is 0 Å². The fraction of sp³-hybridized carbons (Fsp3) is 0.500. The second kappa shape index (κ2) is 11.7. The van der Waals surface area contributed by atoms with Gasteiger partial charge in [-0.1, -0.05) is 0 Å². The SMILES string of the molecule is CC(=O)[O-].O=S(=O)([O-])[S-].[Cd+2].[Na+]. The quantitative estimate of drug-likeness (QED) is 0.192. The summed E-state index contributed by atoms with van der Waals surface area (Å²) in [7, 11) is -4.33. The normalized spacial score (nSPS) is 7.55. The summed E-state index contributed by atoms with van der Waals surface area (Å²) < 4.78 is 26.7. The van der Waals surface area contributed by atoms with Crippen molar-refractivity contribution in [2.75, 3.05) is 0 Å². The van der Waals surface area contributed by atoms with Gasteiger partial charge in [0.05, 0.1) is 0 Å². The Morgan fingerprint density at radius 3 is 1.45 bits per heavy atom. The monoisotopic (exact) mass is 308 g/mol. The summed E-state index contributed by atoms with van der Waals surface area (Å²) in [4.78, 5) is 8.89. The van der Waals surface area contributed by atoms with Crippen LogP contribution in [0.1, 0.15) is 6.92 Å². The minimum absolute atomic E-state index is 0. The minimum atomic E-state index is -4.33. The zero-order valence-electron chi connectivity index (χ0n) is 6.06. The van der Waals surface area contributed by atoms with E-state index in [0.717, 1.165) is 6.92 Å². The average Bonchev–Trinajstić information content (AvgIpc) is 1.19. The Kier molecular flexibility index (Phi) is 24.3. The molecule has 0 bridgehead atoms. The molecule has 0 amide bonds. The van der Waals surface area contributed by atoms with Gasteiger partial charge >= 0.3 is 56.9 Å². The summed E-state index contributed by atoms with van der Waals surface area (Å²) in [6.45, 7) is 0.972. The Morgan fingerprint density at radius 2 is 1.45 bits per heavy atom. The van der Waals surface area contributed by atoms with Gasteiger partial charge in [0.2, 0.25) is 0 Å². The second-order valence-corrected chi connectivity index (χ2v) is 2.94. The molecule has 0 rings (SSSR count). The topological polar surface area (TPSA) is 97.3 Å². The van der Waals surface area contributed by atoms with E-state index in [1.54, 1.807) is 0 Å². The number of hydrogen-bond donors (Lipinski definition) is 0. The maximum Gasteiger partial charge on any atom is 2.00 e. The summed E-state index contributed by atoms with van der Waals surface area (Å²) >= 11 is 3.24. The van der Waals surface area contributed by atoms with E-state index in [9.17, 15) is 0 Å². The van der Waals surface area contributed by atoms with Crippen LogP contribution in [0.3, 0.4) is 0 Å². The first kappa shape index (κ1) is 22.9. The zero-order valence-corrected chi connectivity index (χ0v) is 13.7. The molecule has 0 aromatic rings. The van der Waals surface area contributed by atoms with Crippen LogP contribution >= 0.6 is 0 Å². The number of aliphatic carboxylic acids is 1. The zero-order chi connectivity index (χ0) is 8.08. The van der Waals surface area contributed by atoms with Crippen LogP contribution in [-0.2, 0) is 52.9 Å². The fourth-order valence-electron chi connectivity index (χ4n) is 0. The van der Waals surface area contributed by atoms with E-state index in [4.69, 9.17) is 22.9 Å². The van der Waals surface area contributed by atoms with Crippen LogP contribution in [0.15, 0.2) is 0 Å². The van der Waals surface area contributed by atoms with Gasteiger partial charge in [-0.3, -0.25) is 8.42 Å². The molecule has 56 valence electrons. The standard InChI is InChI=1S/C2H4O2.Cd.Na.H2O3S2/c1-2(3)4;;;1-5(2,3)4/h1H3,(H,3,4);;;(H2,1,2,3,4)/q;+2;+1;/p-3. The molecule has 11 heavy (non-hydrogen) atoms. The molecular formula is C2H3CdNaO5S2. The van der Waals surface area contributed by atoms with Gasteiger partial charge in [0.25, 0.3) is 0 Å². The van der Waals surface area contributed by atoms with Crippen LogP contribution in [0, 0.1) is 0 Å². The van der Waals surface area contributed by atoms with Crippen LogP contribution in [-0.4, -0.2) is 18.9 Å². The van der Waals surface area contributed by atoms with Crippen molar-refractivity contribution in [2.45, 2.75) is 6.92 Å². The van der Waals surface area contributed by atoms with Gasteiger partial charge in [-0.25, -0.2) is 0 Å². The molecule has 0 aliphatic rings. The Bertz CT molecular complexity index is 165. The van der Waals surface area contributed by atoms with Crippen molar-refractivity contribution >= 4 is 26.8 Å². The predicted octanol–water partition coefficient (Wildman–Crippen LogP) is -5.25. The van der Waals surface area contributed by atoms with Gasteiger partial charge in [0, 0.05) is 5.97 Å².